The summed E-state index contributed by atoms with van der Waals surface area (Å²) in [7, 11) is 1.60. The van der Waals surface area contributed by atoms with Gasteiger partial charge in [0.25, 0.3) is 0 Å². The van der Waals surface area contributed by atoms with Crippen LogP contribution in [0.2, 0.25) is 0 Å². The molecule has 1 aromatic carbocycles. The van der Waals surface area contributed by atoms with Crippen molar-refractivity contribution in [3.8, 4) is 17.6 Å². The zero-order chi connectivity index (χ0) is 14.8. The summed E-state index contributed by atoms with van der Waals surface area (Å²) in [5, 5.41) is 8.77. The molecule has 0 saturated carbocycles. The molecule has 1 atom stereocenters. The molecule has 0 amide bonds. The summed E-state index contributed by atoms with van der Waals surface area (Å²) in [6.45, 7) is 5.54. The zero-order valence-corrected chi connectivity index (χ0v) is 12.3. The summed E-state index contributed by atoms with van der Waals surface area (Å²) < 4.78 is 16.2. The van der Waals surface area contributed by atoms with Crippen molar-refractivity contribution in [2.24, 2.45) is 0 Å². The minimum atomic E-state index is -0.171. The van der Waals surface area contributed by atoms with Gasteiger partial charge in [0, 0.05) is 6.61 Å². The van der Waals surface area contributed by atoms with Crippen molar-refractivity contribution in [3.05, 3.63) is 29.3 Å². The Hall–Kier alpha value is -1.54. The molecular formula is C16H22O4. The summed E-state index contributed by atoms with van der Waals surface area (Å²) >= 11 is 0. The minimum absolute atomic E-state index is 0.0454. The summed E-state index contributed by atoms with van der Waals surface area (Å²) in [6, 6.07) is 5.71. The molecule has 0 fully saturated rings. The lowest BCUT2D eigenvalue weighted by molar-refractivity contribution is -0.0116. The third-order valence-corrected chi connectivity index (χ3v) is 2.66. The number of benzene rings is 1. The van der Waals surface area contributed by atoms with Crippen molar-refractivity contribution >= 4 is 0 Å². The number of hydrogen-bond donors (Lipinski definition) is 1. The van der Waals surface area contributed by atoms with Crippen LogP contribution in [0, 0.1) is 11.8 Å². The quantitative estimate of drug-likeness (QED) is 0.775. The zero-order valence-electron chi connectivity index (χ0n) is 12.3. The van der Waals surface area contributed by atoms with Gasteiger partial charge in [0.05, 0.1) is 32.0 Å². The molecule has 0 radical (unpaired) electrons. The third kappa shape index (κ3) is 5.62. The lowest BCUT2D eigenvalue weighted by Gasteiger charge is -2.13. The summed E-state index contributed by atoms with van der Waals surface area (Å²) in [4.78, 5) is 0. The number of rotatable bonds is 7. The monoisotopic (exact) mass is 278 g/mol. The molecule has 110 valence electrons. The molecule has 0 bridgehead atoms. The molecule has 0 aliphatic rings. The first kappa shape index (κ1) is 16.5. The first-order valence-corrected chi connectivity index (χ1v) is 6.67. The molecule has 0 aliphatic heterocycles. The molecule has 0 heterocycles. The van der Waals surface area contributed by atoms with Gasteiger partial charge in [0.15, 0.2) is 0 Å². The van der Waals surface area contributed by atoms with Crippen molar-refractivity contribution in [2.45, 2.75) is 26.6 Å². The third-order valence-electron chi connectivity index (χ3n) is 2.66. The maximum Gasteiger partial charge on any atom is 0.134 e. The molecule has 0 aliphatic carbocycles. The summed E-state index contributed by atoms with van der Waals surface area (Å²) in [5.41, 5.74) is 1.76. The average molecular weight is 278 g/mol. The highest BCUT2D eigenvalue weighted by molar-refractivity contribution is 5.48. The van der Waals surface area contributed by atoms with Gasteiger partial charge in [-0.2, -0.15) is 0 Å². The molecule has 4 nitrogen and oxygen atoms in total. The number of aliphatic hydroxyl groups excluding tert-OH is 1. The number of ether oxygens (including phenoxy) is 3. The van der Waals surface area contributed by atoms with Crippen LogP contribution >= 0.6 is 0 Å². The van der Waals surface area contributed by atoms with E-state index in [0.717, 1.165) is 11.1 Å². The summed E-state index contributed by atoms with van der Waals surface area (Å²) in [5.74, 6) is 6.19. The van der Waals surface area contributed by atoms with Crippen LogP contribution in [0.3, 0.4) is 0 Å². The van der Waals surface area contributed by atoms with Crippen molar-refractivity contribution in [1.29, 1.82) is 0 Å². The van der Waals surface area contributed by atoms with Crippen LogP contribution in [0.15, 0.2) is 18.2 Å². The van der Waals surface area contributed by atoms with Crippen molar-refractivity contribution in [1.82, 2.24) is 0 Å². The predicted octanol–water partition coefficient (Wildman–Crippen LogP) is 1.98. The molecule has 0 saturated heterocycles. The van der Waals surface area contributed by atoms with Crippen LogP contribution < -0.4 is 4.74 Å². The molecule has 0 spiro atoms. The van der Waals surface area contributed by atoms with Gasteiger partial charge in [-0.3, -0.25) is 0 Å². The second-order valence-corrected chi connectivity index (χ2v) is 4.28. The van der Waals surface area contributed by atoms with Gasteiger partial charge in [-0.25, -0.2) is 0 Å². The smallest absolute Gasteiger partial charge is 0.134 e. The standard InChI is InChI=1S/C16H22O4/c1-4-19-11-13(2)20-12-14-7-8-16(18-3)15(10-14)6-5-9-17/h7-8,10,13,17H,4,9,11-12H2,1-3H3. The summed E-state index contributed by atoms with van der Waals surface area (Å²) in [6.07, 6.45) is 0.0454. The topological polar surface area (TPSA) is 47.9 Å². The lowest BCUT2D eigenvalue weighted by atomic mass is 10.1. The first-order valence-electron chi connectivity index (χ1n) is 6.67. The van der Waals surface area contributed by atoms with E-state index in [1.165, 1.54) is 0 Å². The van der Waals surface area contributed by atoms with Gasteiger partial charge in [0.2, 0.25) is 0 Å². The van der Waals surface area contributed by atoms with Crippen LogP contribution in [-0.4, -0.2) is 38.1 Å². The molecule has 1 unspecified atom stereocenters. The van der Waals surface area contributed by atoms with Gasteiger partial charge in [-0.15, -0.1) is 0 Å². The molecule has 20 heavy (non-hydrogen) atoms. The van der Waals surface area contributed by atoms with Crippen molar-refractivity contribution in [3.63, 3.8) is 0 Å². The highest BCUT2D eigenvalue weighted by Crippen LogP contribution is 2.19. The van der Waals surface area contributed by atoms with Gasteiger partial charge < -0.3 is 19.3 Å². The van der Waals surface area contributed by atoms with E-state index in [9.17, 15) is 0 Å². The maximum absolute atomic E-state index is 8.77. The second kappa shape index (κ2) is 9.38. The van der Waals surface area contributed by atoms with E-state index in [-0.39, 0.29) is 12.7 Å². The van der Waals surface area contributed by atoms with E-state index in [0.29, 0.717) is 25.6 Å². The second-order valence-electron chi connectivity index (χ2n) is 4.28. The lowest BCUT2D eigenvalue weighted by Crippen LogP contribution is -2.15. The number of aliphatic hydroxyl groups is 1. The van der Waals surface area contributed by atoms with E-state index in [1.54, 1.807) is 7.11 Å². The molecule has 0 aromatic heterocycles. The Labute approximate surface area is 120 Å². The van der Waals surface area contributed by atoms with Crippen LogP contribution in [0.4, 0.5) is 0 Å². The first-order chi connectivity index (χ1) is 9.71. The molecule has 4 heteroatoms. The fourth-order valence-corrected chi connectivity index (χ4v) is 1.65. The molecule has 1 rings (SSSR count). The molecular weight excluding hydrogens is 256 g/mol. The van der Waals surface area contributed by atoms with Crippen LogP contribution in [0.5, 0.6) is 5.75 Å². The van der Waals surface area contributed by atoms with Crippen LogP contribution in [0.1, 0.15) is 25.0 Å². The Morgan fingerprint density at radius 2 is 2.15 bits per heavy atom. The van der Waals surface area contributed by atoms with E-state index in [1.807, 2.05) is 32.0 Å². The highest BCUT2D eigenvalue weighted by atomic mass is 16.5. The van der Waals surface area contributed by atoms with Gasteiger partial charge in [-0.1, -0.05) is 17.9 Å². The van der Waals surface area contributed by atoms with Crippen molar-refractivity contribution < 1.29 is 19.3 Å². The fourth-order valence-electron chi connectivity index (χ4n) is 1.65. The SMILES string of the molecule is CCOCC(C)OCc1ccc(OC)c(C#CCO)c1. The van der Waals surface area contributed by atoms with Gasteiger partial charge in [0.1, 0.15) is 12.4 Å². The Kier molecular flexibility index (Phi) is 7.74. The van der Waals surface area contributed by atoms with Gasteiger partial charge >= 0.3 is 0 Å². The molecule has 1 aromatic rings. The predicted molar refractivity (Wildman–Crippen MR) is 77.7 cm³/mol. The largest absolute Gasteiger partial charge is 0.495 e. The Balaban J connectivity index is 2.67. The Morgan fingerprint density at radius 1 is 1.35 bits per heavy atom. The number of methoxy groups -OCH3 is 1. The van der Waals surface area contributed by atoms with Crippen molar-refractivity contribution in [2.75, 3.05) is 26.9 Å². The normalized spacial score (nSPS) is 11.6. The molecule has 1 N–H and O–H groups in total. The van der Waals surface area contributed by atoms with Crippen LogP contribution in [0.25, 0.3) is 0 Å². The Bertz CT molecular complexity index is 459. The highest BCUT2D eigenvalue weighted by Gasteiger charge is 2.05. The average Bonchev–Trinajstić information content (AvgIpc) is 2.48. The van der Waals surface area contributed by atoms with E-state index >= 15 is 0 Å². The maximum atomic E-state index is 8.77. The minimum Gasteiger partial charge on any atom is -0.495 e. The van der Waals surface area contributed by atoms with Crippen LogP contribution in [-0.2, 0) is 16.1 Å². The number of hydrogen-bond acceptors (Lipinski definition) is 4. The van der Waals surface area contributed by atoms with E-state index < -0.39 is 0 Å². The van der Waals surface area contributed by atoms with Gasteiger partial charge in [-0.05, 0) is 31.5 Å². The fraction of sp³-hybridized carbons (Fsp3) is 0.500. The van der Waals surface area contributed by atoms with E-state index in [4.69, 9.17) is 19.3 Å². The Morgan fingerprint density at radius 3 is 2.80 bits per heavy atom. The van der Waals surface area contributed by atoms with E-state index in [2.05, 4.69) is 11.8 Å².